The van der Waals surface area contributed by atoms with Crippen molar-refractivity contribution in [2.24, 2.45) is 5.73 Å². The number of hydrogen-bond acceptors (Lipinski definition) is 5. The summed E-state index contributed by atoms with van der Waals surface area (Å²) in [6.45, 7) is 2.70. The Morgan fingerprint density at radius 3 is 3.19 bits per heavy atom. The van der Waals surface area contributed by atoms with Crippen molar-refractivity contribution in [1.29, 1.82) is 0 Å². The van der Waals surface area contributed by atoms with Crippen molar-refractivity contribution in [3.05, 3.63) is 18.0 Å². The van der Waals surface area contributed by atoms with Crippen LogP contribution in [0.4, 0.5) is 0 Å². The van der Waals surface area contributed by atoms with Gasteiger partial charge in [0, 0.05) is 13.5 Å². The van der Waals surface area contributed by atoms with Crippen LogP contribution in [0, 0.1) is 6.92 Å². The molecule has 0 radical (unpaired) electrons. The molecule has 0 fully saturated rings. The smallest absolute Gasteiger partial charge is 0.207 e. The zero-order chi connectivity index (χ0) is 11.1. The molecule has 0 saturated heterocycles. The minimum absolute atomic E-state index is 0.122. The van der Waals surface area contributed by atoms with E-state index in [1.165, 1.54) is 0 Å². The van der Waals surface area contributed by atoms with E-state index in [0.717, 1.165) is 5.52 Å². The van der Waals surface area contributed by atoms with Crippen LogP contribution < -0.4 is 15.2 Å². The third-order valence-corrected chi connectivity index (χ3v) is 2.56. The summed E-state index contributed by atoms with van der Waals surface area (Å²) in [6.07, 6.45) is -0.122. The van der Waals surface area contributed by atoms with Crippen LogP contribution in [-0.2, 0) is 0 Å². The van der Waals surface area contributed by atoms with Gasteiger partial charge in [0.05, 0.1) is 0 Å². The highest BCUT2D eigenvalue weighted by molar-refractivity contribution is 5.82. The SMILES string of the molecule is Cc1nc2ccc3c(c2o1)O[C@@H](CN)CO3. The number of rotatable bonds is 1. The van der Waals surface area contributed by atoms with Gasteiger partial charge in [0.1, 0.15) is 18.2 Å². The molecule has 1 aromatic heterocycles. The molecule has 2 N–H and O–H groups in total. The van der Waals surface area contributed by atoms with E-state index in [9.17, 15) is 0 Å². The van der Waals surface area contributed by atoms with Gasteiger partial charge in [-0.25, -0.2) is 4.98 Å². The van der Waals surface area contributed by atoms with Gasteiger partial charge in [-0.3, -0.25) is 0 Å². The van der Waals surface area contributed by atoms with Crippen LogP contribution in [0.1, 0.15) is 5.89 Å². The molecule has 0 bridgehead atoms. The molecule has 2 heterocycles. The van der Waals surface area contributed by atoms with Crippen LogP contribution in [0.3, 0.4) is 0 Å². The first-order valence-electron chi connectivity index (χ1n) is 5.17. The summed E-state index contributed by atoms with van der Waals surface area (Å²) < 4.78 is 16.8. The summed E-state index contributed by atoms with van der Waals surface area (Å²) in [4.78, 5) is 4.24. The van der Waals surface area contributed by atoms with E-state index in [4.69, 9.17) is 19.6 Å². The average molecular weight is 220 g/mol. The highest BCUT2D eigenvalue weighted by Gasteiger charge is 2.24. The van der Waals surface area contributed by atoms with Crippen molar-refractivity contribution in [2.75, 3.05) is 13.2 Å². The number of hydrogen-bond donors (Lipinski definition) is 1. The number of nitrogens with two attached hydrogens (primary N) is 1. The third kappa shape index (κ3) is 1.32. The van der Waals surface area contributed by atoms with Gasteiger partial charge in [-0.05, 0) is 12.1 Å². The number of aryl methyl sites for hydroxylation is 1. The zero-order valence-corrected chi connectivity index (χ0v) is 8.90. The van der Waals surface area contributed by atoms with E-state index in [0.29, 0.717) is 36.1 Å². The Bertz CT molecular complexity index is 535. The average Bonchev–Trinajstić information content (AvgIpc) is 2.69. The monoisotopic (exact) mass is 220 g/mol. The molecular formula is C11H12N2O3. The molecule has 16 heavy (non-hydrogen) atoms. The Morgan fingerprint density at radius 1 is 1.50 bits per heavy atom. The highest BCUT2D eigenvalue weighted by atomic mass is 16.6. The van der Waals surface area contributed by atoms with Gasteiger partial charge in [0.25, 0.3) is 0 Å². The van der Waals surface area contributed by atoms with E-state index >= 15 is 0 Å². The quantitative estimate of drug-likeness (QED) is 0.782. The minimum Gasteiger partial charge on any atom is -0.486 e. The zero-order valence-electron chi connectivity index (χ0n) is 8.90. The summed E-state index contributed by atoms with van der Waals surface area (Å²) in [7, 11) is 0. The summed E-state index contributed by atoms with van der Waals surface area (Å²) >= 11 is 0. The normalized spacial score (nSPS) is 19.0. The van der Waals surface area contributed by atoms with Crippen LogP contribution in [0.5, 0.6) is 11.5 Å². The molecule has 0 spiro atoms. The summed E-state index contributed by atoms with van der Waals surface area (Å²) in [5, 5.41) is 0. The fourth-order valence-electron chi connectivity index (χ4n) is 1.79. The Kier molecular flexibility index (Phi) is 2.00. The standard InChI is InChI=1S/C11H12N2O3/c1-6-13-8-2-3-9-11(10(8)15-6)16-7(4-12)5-14-9/h2-3,7H,4-5,12H2,1H3/t7-/m0/s1. The van der Waals surface area contributed by atoms with E-state index in [1.807, 2.05) is 12.1 Å². The highest BCUT2D eigenvalue weighted by Crippen LogP contribution is 2.38. The van der Waals surface area contributed by atoms with Gasteiger partial charge >= 0.3 is 0 Å². The summed E-state index contributed by atoms with van der Waals surface area (Å²) in [5.74, 6) is 1.91. The predicted octanol–water partition coefficient (Wildman–Crippen LogP) is 1.23. The molecule has 1 aliphatic rings. The van der Waals surface area contributed by atoms with E-state index < -0.39 is 0 Å². The molecule has 5 heteroatoms. The van der Waals surface area contributed by atoms with Crippen molar-refractivity contribution in [2.45, 2.75) is 13.0 Å². The van der Waals surface area contributed by atoms with E-state index in [-0.39, 0.29) is 6.10 Å². The Morgan fingerprint density at radius 2 is 2.38 bits per heavy atom. The van der Waals surface area contributed by atoms with E-state index in [1.54, 1.807) is 6.92 Å². The van der Waals surface area contributed by atoms with Gasteiger partial charge < -0.3 is 19.6 Å². The lowest BCUT2D eigenvalue weighted by Gasteiger charge is -2.25. The second-order valence-corrected chi connectivity index (χ2v) is 3.76. The van der Waals surface area contributed by atoms with Crippen LogP contribution in [0.2, 0.25) is 0 Å². The number of fused-ring (bicyclic) bond motifs is 3. The van der Waals surface area contributed by atoms with Gasteiger partial charge in [-0.15, -0.1) is 0 Å². The lowest BCUT2D eigenvalue weighted by atomic mass is 10.2. The second-order valence-electron chi connectivity index (χ2n) is 3.76. The van der Waals surface area contributed by atoms with Crippen molar-refractivity contribution in [1.82, 2.24) is 4.98 Å². The van der Waals surface area contributed by atoms with Crippen molar-refractivity contribution < 1.29 is 13.9 Å². The molecule has 0 aliphatic carbocycles. The fourth-order valence-corrected chi connectivity index (χ4v) is 1.79. The molecule has 3 rings (SSSR count). The van der Waals surface area contributed by atoms with Gasteiger partial charge in [-0.1, -0.05) is 0 Å². The van der Waals surface area contributed by atoms with Crippen molar-refractivity contribution >= 4 is 11.1 Å². The minimum atomic E-state index is -0.122. The molecular weight excluding hydrogens is 208 g/mol. The van der Waals surface area contributed by atoms with Gasteiger partial charge in [-0.2, -0.15) is 0 Å². The molecule has 1 aromatic carbocycles. The Hall–Kier alpha value is -1.75. The maximum absolute atomic E-state index is 5.72. The van der Waals surface area contributed by atoms with Crippen LogP contribution in [0.15, 0.2) is 16.5 Å². The van der Waals surface area contributed by atoms with Gasteiger partial charge in [0.2, 0.25) is 11.3 Å². The first kappa shape index (κ1) is 9.47. The largest absolute Gasteiger partial charge is 0.486 e. The number of oxazole rings is 1. The number of benzene rings is 1. The Balaban J connectivity index is 2.17. The molecule has 2 aromatic rings. The lowest BCUT2D eigenvalue weighted by molar-refractivity contribution is 0.0975. The topological polar surface area (TPSA) is 70.5 Å². The second kappa shape index (κ2) is 3.38. The molecule has 84 valence electrons. The summed E-state index contributed by atoms with van der Waals surface area (Å²) in [6, 6.07) is 3.70. The van der Waals surface area contributed by atoms with E-state index in [2.05, 4.69) is 4.98 Å². The van der Waals surface area contributed by atoms with Gasteiger partial charge in [0.15, 0.2) is 11.6 Å². The van der Waals surface area contributed by atoms with Crippen molar-refractivity contribution in [3.63, 3.8) is 0 Å². The fraction of sp³-hybridized carbons (Fsp3) is 0.364. The summed E-state index contributed by atoms with van der Waals surface area (Å²) in [5.41, 5.74) is 6.97. The molecule has 0 unspecified atom stereocenters. The Labute approximate surface area is 92.1 Å². The number of aromatic nitrogens is 1. The lowest BCUT2D eigenvalue weighted by Crippen LogP contribution is -2.35. The van der Waals surface area contributed by atoms with Crippen molar-refractivity contribution in [3.8, 4) is 11.5 Å². The number of ether oxygens (including phenoxy) is 2. The van der Waals surface area contributed by atoms with Crippen LogP contribution in [-0.4, -0.2) is 24.2 Å². The maximum atomic E-state index is 5.72. The third-order valence-electron chi connectivity index (χ3n) is 2.56. The number of nitrogens with zero attached hydrogens (tertiary/aromatic N) is 1. The molecule has 1 atom stereocenters. The first-order chi connectivity index (χ1) is 7.78. The molecule has 0 amide bonds. The molecule has 1 aliphatic heterocycles. The van der Waals surface area contributed by atoms with Crippen LogP contribution >= 0.6 is 0 Å². The molecule has 5 nitrogen and oxygen atoms in total. The molecule has 0 saturated carbocycles. The predicted molar refractivity (Wildman–Crippen MR) is 57.7 cm³/mol. The maximum Gasteiger partial charge on any atom is 0.207 e. The van der Waals surface area contributed by atoms with Crippen LogP contribution in [0.25, 0.3) is 11.1 Å². The first-order valence-corrected chi connectivity index (χ1v) is 5.17.